The summed E-state index contributed by atoms with van der Waals surface area (Å²) in [6.45, 7) is 9.70. The number of aromatic nitrogens is 1. The Labute approximate surface area is 186 Å². The van der Waals surface area contributed by atoms with E-state index < -0.39 is 15.6 Å². The fraction of sp³-hybridized carbons (Fsp3) is 0.364. The first-order valence-electron chi connectivity index (χ1n) is 9.67. The lowest BCUT2D eigenvalue weighted by atomic mass is 10.0. The molecule has 0 saturated heterocycles. The van der Waals surface area contributed by atoms with Crippen LogP contribution >= 0.6 is 22.7 Å². The van der Waals surface area contributed by atoms with Crippen LogP contribution in [-0.4, -0.2) is 24.7 Å². The summed E-state index contributed by atoms with van der Waals surface area (Å²) in [4.78, 5) is 17.6. The molecule has 0 aliphatic carbocycles. The molecular weight excluding hydrogens is 436 g/mol. The van der Waals surface area contributed by atoms with Gasteiger partial charge in [0.15, 0.2) is 5.01 Å². The highest BCUT2D eigenvalue weighted by Gasteiger charge is 2.28. The van der Waals surface area contributed by atoms with Crippen LogP contribution in [0.2, 0.25) is 0 Å². The van der Waals surface area contributed by atoms with Crippen molar-refractivity contribution in [2.45, 2.75) is 50.8 Å². The smallest absolute Gasteiger partial charge is 0.251 e. The Morgan fingerprint density at radius 3 is 2.37 bits per heavy atom. The predicted molar refractivity (Wildman–Crippen MR) is 124 cm³/mol. The van der Waals surface area contributed by atoms with Gasteiger partial charge in [-0.05, 0) is 44.7 Å². The van der Waals surface area contributed by atoms with Gasteiger partial charge in [-0.2, -0.15) is 0 Å². The van der Waals surface area contributed by atoms with Crippen LogP contribution < -0.4 is 4.72 Å². The molecule has 3 aromatic rings. The molecule has 5 nitrogen and oxygen atoms in total. The van der Waals surface area contributed by atoms with Gasteiger partial charge in [0.05, 0.1) is 0 Å². The van der Waals surface area contributed by atoms with Crippen LogP contribution in [0.4, 0.5) is 0 Å². The maximum atomic E-state index is 13.1. The highest BCUT2D eigenvalue weighted by atomic mass is 32.2. The molecule has 1 N–H and O–H groups in total. The van der Waals surface area contributed by atoms with Crippen LogP contribution in [-0.2, 0) is 16.4 Å². The minimum Gasteiger partial charge on any atom is -0.286 e. The minimum atomic E-state index is -3.68. The third kappa shape index (κ3) is 5.43. The molecule has 30 heavy (non-hydrogen) atoms. The second-order valence-electron chi connectivity index (χ2n) is 8.61. The minimum absolute atomic E-state index is 0.135. The van der Waals surface area contributed by atoms with Crippen molar-refractivity contribution in [2.24, 2.45) is 5.92 Å². The zero-order chi connectivity index (χ0) is 22.1. The number of nitrogens with zero attached hydrogens (tertiary/aromatic N) is 1. The molecule has 0 amide bonds. The van der Waals surface area contributed by atoms with E-state index in [9.17, 15) is 13.2 Å². The van der Waals surface area contributed by atoms with Crippen molar-refractivity contribution >= 4 is 38.5 Å². The quantitative estimate of drug-likeness (QED) is 0.478. The van der Waals surface area contributed by atoms with E-state index in [1.807, 2.05) is 26.8 Å². The molecular formula is C22H26N2O3S3. The lowest BCUT2D eigenvalue weighted by Gasteiger charge is -2.20. The zero-order valence-corrected chi connectivity index (χ0v) is 20.2. The Balaban J connectivity index is 2.02. The summed E-state index contributed by atoms with van der Waals surface area (Å²) in [7, 11) is -3.68. The SMILES string of the molecule is CC(C)Cc1cc(-c2ccc(C(=O)c3nccs3)cc2)c(S(=O)(=O)NC(C)(C)C)s1. The van der Waals surface area contributed by atoms with Crippen molar-refractivity contribution in [2.75, 3.05) is 0 Å². The highest BCUT2D eigenvalue weighted by Crippen LogP contribution is 2.37. The topological polar surface area (TPSA) is 76.1 Å². The van der Waals surface area contributed by atoms with Crippen LogP contribution in [0.1, 0.15) is 54.9 Å². The van der Waals surface area contributed by atoms with Crippen molar-refractivity contribution in [3.63, 3.8) is 0 Å². The Kier molecular flexibility index (Phi) is 6.62. The number of sulfonamides is 1. The molecule has 2 heterocycles. The van der Waals surface area contributed by atoms with E-state index in [1.165, 1.54) is 22.7 Å². The molecule has 0 saturated carbocycles. The highest BCUT2D eigenvalue weighted by molar-refractivity contribution is 7.91. The molecule has 0 unspecified atom stereocenters. The normalized spacial score (nSPS) is 12.5. The van der Waals surface area contributed by atoms with Crippen molar-refractivity contribution in [3.05, 3.63) is 57.4 Å². The predicted octanol–water partition coefficient (Wildman–Crippen LogP) is 5.38. The molecule has 3 rings (SSSR count). The number of ketones is 1. The number of carbonyl (C=O) groups excluding carboxylic acids is 1. The number of hydrogen-bond acceptors (Lipinski definition) is 6. The molecule has 0 aliphatic rings. The summed E-state index contributed by atoms with van der Waals surface area (Å²) in [5.41, 5.74) is 1.39. The number of carbonyl (C=O) groups is 1. The van der Waals surface area contributed by atoms with Crippen LogP contribution in [0, 0.1) is 5.92 Å². The van der Waals surface area contributed by atoms with Gasteiger partial charge in [0, 0.05) is 33.1 Å². The molecule has 0 aliphatic heterocycles. The standard InChI is InChI=1S/C22H26N2O3S3/c1-14(2)12-17-13-18(21(29-17)30(26,27)24-22(3,4)5)15-6-8-16(9-7-15)19(25)20-23-10-11-28-20/h6-11,13-14,24H,12H2,1-5H3. The average Bonchev–Trinajstić information content (AvgIpc) is 3.29. The molecule has 0 bridgehead atoms. The third-order valence-electron chi connectivity index (χ3n) is 4.13. The lowest BCUT2D eigenvalue weighted by Crippen LogP contribution is -2.40. The molecule has 0 atom stereocenters. The summed E-state index contributed by atoms with van der Waals surface area (Å²) in [5.74, 6) is 0.283. The molecule has 0 radical (unpaired) electrons. The molecule has 0 fully saturated rings. The Morgan fingerprint density at radius 2 is 1.83 bits per heavy atom. The van der Waals surface area contributed by atoms with Crippen LogP contribution in [0.3, 0.4) is 0 Å². The molecule has 160 valence electrons. The van der Waals surface area contributed by atoms with Gasteiger partial charge in [-0.1, -0.05) is 38.1 Å². The number of thiazole rings is 1. The zero-order valence-electron chi connectivity index (χ0n) is 17.7. The molecule has 2 aromatic heterocycles. The van der Waals surface area contributed by atoms with Crippen molar-refractivity contribution in [3.8, 4) is 11.1 Å². The van der Waals surface area contributed by atoms with Crippen LogP contribution in [0.5, 0.6) is 0 Å². The first kappa shape index (κ1) is 22.8. The molecule has 0 spiro atoms. The van der Waals surface area contributed by atoms with Crippen molar-refractivity contribution < 1.29 is 13.2 Å². The number of rotatable bonds is 7. The maximum absolute atomic E-state index is 13.1. The first-order chi connectivity index (χ1) is 14.0. The van der Waals surface area contributed by atoms with Crippen LogP contribution in [0.25, 0.3) is 11.1 Å². The Bertz CT molecular complexity index is 1120. The summed E-state index contributed by atoms with van der Waals surface area (Å²) in [5, 5.41) is 2.21. The summed E-state index contributed by atoms with van der Waals surface area (Å²) >= 11 is 2.61. The summed E-state index contributed by atoms with van der Waals surface area (Å²) in [6, 6.07) is 9.02. The van der Waals surface area contributed by atoms with Gasteiger partial charge in [0.2, 0.25) is 5.78 Å². The lowest BCUT2D eigenvalue weighted by molar-refractivity contribution is 0.103. The van der Waals surface area contributed by atoms with Gasteiger partial charge in [-0.3, -0.25) is 4.79 Å². The Morgan fingerprint density at radius 1 is 1.17 bits per heavy atom. The van der Waals surface area contributed by atoms with E-state index in [2.05, 4.69) is 23.6 Å². The average molecular weight is 463 g/mol. The first-order valence-corrected chi connectivity index (χ1v) is 12.9. The van der Waals surface area contributed by atoms with E-state index >= 15 is 0 Å². The number of benzene rings is 1. The molecule has 1 aromatic carbocycles. The second-order valence-corrected chi connectivity index (χ2v) is 12.5. The van der Waals surface area contributed by atoms with E-state index in [4.69, 9.17) is 0 Å². The van der Waals surface area contributed by atoms with Crippen molar-refractivity contribution in [1.82, 2.24) is 9.71 Å². The summed E-state index contributed by atoms with van der Waals surface area (Å²) < 4.78 is 29.3. The fourth-order valence-corrected chi connectivity index (χ4v) is 7.00. The van der Waals surface area contributed by atoms with Gasteiger partial charge in [-0.15, -0.1) is 22.7 Å². The fourth-order valence-electron chi connectivity index (χ4n) is 3.04. The monoisotopic (exact) mass is 462 g/mol. The number of hydrogen-bond donors (Lipinski definition) is 1. The largest absolute Gasteiger partial charge is 0.286 e. The second kappa shape index (κ2) is 8.70. The summed E-state index contributed by atoms with van der Waals surface area (Å²) in [6.07, 6.45) is 2.41. The van der Waals surface area contributed by atoms with Gasteiger partial charge in [-0.25, -0.2) is 18.1 Å². The van der Waals surface area contributed by atoms with E-state index in [1.54, 1.807) is 35.8 Å². The van der Waals surface area contributed by atoms with E-state index in [0.717, 1.165) is 16.9 Å². The van der Waals surface area contributed by atoms with Crippen molar-refractivity contribution in [1.29, 1.82) is 0 Å². The Hall–Kier alpha value is -1.87. The maximum Gasteiger partial charge on any atom is 0.251 e. The third-order valence-corrected chi connectivity index (χ3v) is 8.35. The molecule has 8 heteroatoms. The number of nitrogens with one attached hydrogen (secondary N) is 1. The van der Waals surface area contributed by atoms with Gasteiger partial charge in [0.25, 0.3) is 10.0 Å². The van der Waals surface area contributed by atoms with Gasteiger partial charge >= 0.3 is 0 Å². The van der Waals surface area contributed by atoms with E-state index in [0.29, 0.717) is 26.3 Å². The van der Waals surface area contributed by atoms with Crippen LogP contribution in [0.15, 0.2) is 46.1 Å². The van der Waals surface area contributed by atoms with Gasteiger partial charge in [0.1, 0.15) is 4.21 Å². The number of thiophene rings is 1. The van der Waals surface area contributed by atoms with Gasteiger partial charge < -0.3 is 0 Å². The van der Waals surface area contributed by atoms with E-state index in [-0.39, 0.29) is 5.78 Å².